The first-order chi connectivity index (χ1) is 10.2. The monoisotopic (exact) mass is 303 g/mol. The third-order valence-electron chi connectivity index (χ3n) is 3.15. The second-order valence-corrected chi connectivity index (χ2v) is 5.88. The molecule has 0 amide bonds. The molecule has 0 fully saturated rings. The van der Waals surface area contributed by atoms with Crippen molar-refractivity contribution in [1.29, 1.82) is 0 Å². The molecule has 0 radical (unpaired) electrons. The summed E-state index contributed by atoms with van der Waals surface area (Å²) in [6, 6.07) is 6.04. The first kappa shape index (κ1) is 13.7. The van der Waals surface area contributed by atoms with Crippen LogP contribution in [0.4, 0.5) is 10.8 Å². The lowest BCUT2D eigenvalue weighted by molar-refractivity contribution is 0.397. The second kappa shape index (κ2) is 5.61. The van der Waals surface area contributed by atoms with Gasteiger partial charge in [-0.05, 0) is 12.1 Å². The molecule has 0 saturated carbocycles. The maximum Gasteiger partial charge on any atom is 0.231 e. The molecule has 2 N–H and O–H groups in total. The summed E-state index contributed by atoms with van der Waals surface area (Å²) >= 11 is 1.62. The van der Waals surface area contributed by atoms with Crippen LogP contribution in [-0.4, -0.2) is 36.4 Å². The van der Waals surface area contributed by atoms with Crippen LogP contribution in [0, 0.1) is 0 Å². The molecule has 21 heavy (non-hydrogen) atoms. The highest BCUT2D eigenvalue weighted by molar-refractivity contribution is 7.15. The third-order valence-corrected chi connectivity index (χ3v) is 4.35. The molecule has 0 saturated heterocycles. The fourth-order valence-electron chi connectivity index (χ4n) is 2.09. The van der Waals surface area contributed by atoms with E-state index in [-0.39, 0.29) is 0 Å². The molecule has 0 unspecified atom stereocenters. The molecule has 0 atom stereocenters. The molecule has 1 aromatic carbocycles. The Balaban J connectivity index is 1.83. The number of thiazole rings is 1. The molecule has 0 spiro atoms. The van der Waals surface area contributed by atoms with Crippen molar-refractivity contribution in [2.24, 2.45) is 0 Å². The molecule has 3 rings (SSSR count). The number of nitrogens with zero attached hydrogens (tertiary/aromatic N) is 3. The summed E-state index contributed by atoms with van der Waals surface area (Å²) in [6.07, 6.45) is 1.83. The van der Waals surface area contributed by atoms with Gasteiger partial charge in [-0.15, -0.1) is 0 Å². The molecule has 6 nitrogen and oxygen atoms in total. The predicted octanol–water partition coefficient (Wildman–Crippen LogP) is 2.71. The SMILES string of the molecule is COc1nc(N(C)C)sc1CNc1cccc2[nH]ncc12. The Morgan fingerprint density at radius 3 is 3.00 bits per heavy atom. The summed E-state index contributed by atoms with van der Waals surface area (Å²) in [4.78, 5) is 7.51. The van der Waals surface area contributed by atoms with Gasteiger partial charge in [0.05, 0.1) is 30.2 Å². The number of hydrogen-bond acceptors (Lipinski definition) is 6. The van der Waals surface area contributed by atoms with Gasteiger partial charge in [0.25, 0.3) is 0 Å². The first-order valence-electron chi connectivity index (χ1n) is 6.56. The zero-order chi connectivity index (χ0) is 14.8. The van der Waals surface area contributed by atoms with Gasteiger partial charge in [-0.3, -0.25) is 5.10 Å². The van der Waals surface area contributed by atoms with E-state index in [4.69, 9.17) is 4.74 Å². The Morgan fingerprint density at radius 2 is 2.24 bits per heavy atom. The minimum Gasteiger partial charge on any atom is -0.480 e. The molecule has 3 aromatic rings. The lowest BCUT2D eigenvalue weighted by Crippen LogP contribution is -2.07. The molecule has 2 heterocycles. The van der Waals surface area contributed by atoms with Crippen LogP contribution in [0.15, 0.2) is 24.4 Å². The topological polar surface area (TPSA) is 66.1 Å². The van der Waals surface area contributed by atoms with Crippen LogP contribution in [0.25, 0.3) is 10.9 Å². The van der Waals surface area contributed by atoms with Crippen LogP contribution in [0.5, 0.6) is 5.88 Å². The number of anilines is 2. The number of nitrogens with one attached hydrogen (secondary N) is 2. The van der Waals surface area contributed by atoms with Gasteiger partial charge in [0.15, 0.2) is 5.13 Å². The van der Waals surface area contributed by atoms with Crippen molar-refractivity contribution in [3.8, 4) is 5.88 Å². The van der Waals surface area contributed by atoms with Crippen molar-refractivity contribution in [3.63, 3.8) is 0 Å². The number of methoxy groups -OCH3 is 1. The Bertz CT molecular complexity index is 749. The number of hydrogen-bond donors (Lipinski definition) is 2. The largest absolute Gasteiger partial charge is 0.480 e. The highest BCUT2D eigenvalue weighted by Crippen LogP contribution is 2.31. The van der Waals surface area contributed by atoms with Crippen LogP contribution < -0.4 is 15.0 Å². The number of fused-ring (bicyclic) bond motifs is 1. The Hall–Kier alpha value is -2.28. The van der Waals surface area contributed by atoms with Crippen molar-refractivity contribution >= 4 is 33.1 Å². The van der Waals surface area contributed by atoms with Crippen molar-refractivity contribution in [2.75, 3.05) is 31.4 Å². The predicted molar refractivity (Wildman–Crippen MR) is 86.4 cm³/mol. The summed E-state index contributed by atoms with van der Waals surface area (Å²) in [5, 5.41) is 12.5. The summed E-state index contributed by atoms with van der Waals surface area (Å²) in [6.45, 7) is 0.666. The van der Waals surface area contributed by atoms with Crippen molar-refractivity contribution < 1.29 is 4.74 Å². The van der Waals surface area contributed by atoms with E-state index < -0.39 is 0 Å². The van der Waals surface area contributed by atoms with Crippen LogP contribution in [0.3, 0.4) is 0 Å². The minimum absolute atomic E-state index is 0.666. The maximum atomic E-state index is 5.35. The van der Waals surface area contributed by atoms with E-state index in [0.29, 0.717) is 12.4 Å². The van der Waals surface area contributed by atoms with E-state index in [2.05, 4.69) is 20.5 Å². The Morgan fingerprint density at radius 1 is 1.38 bits per heavy atom. The van der Waals surface area contributed by atoms with Gasteiger partial charge < -0.3 is 15.0 Å². The van der Waals surface area contributed by atoms with E-state index in [1.54, 1.807) is 18.4 Å². The third kappa shape index (κ3) is 2.64. The standard InChI is InChI=1S/C14H17N5OS/c1-19(2)14-17-13(20-3)12(21-14)8-15-10-5-4-6-11-9(10)7-16-18-11/h4-7,15H,8H2,1-3H3,(H,16,18). The first-order valence-corrected chi connectivity index (χ1v) is 7.37. The fraction of sp³-hybridized carbons (Fsp3) is 0.286. The number of benzene rings is 1. The summed E-state index contributed by atoms with van der Waals surface area (Å²) in [7, 11) is 5.60. The quantitative estimate of drug-likeness (QED) is 0.758. The zero-order valence-corrected chi connectivity index (χ0v) is 13.0. The van der Waals surface area contributed by atoms with Crippen molar-refractivity contribution in [3.05, 3.63) is 29.3 Å². The van der Waals surface area contributed by atoms with E-state index in [9.17, 15) is 0 Å². The van der Waals surface area contributed by atoms with Crippen molar-refractivity contribution in [1.82, 2.24) is 15.2 Å². The van der Waals surface area contributed by atoms with Crippen LogP contribution in [0.1, 0.15) is 4.88 Å². The van der Waals surface area contributed by atoms with Gasteiger partial charge in [0.2, 0.25) is 5.88 Å². The van der Waals surface area contributed by atoms with E-state index in [0.717, 1.165) is 26.6 Å². The Kier molecular flexibility index (Phi) is 3.66. The van der Waals surface area contributed by atoms with Gasteiger partial charge >= 0.3 is 0 Å². The lowest BCUT2D eigenvalue weighted by Gasteiger charge is -2.07. The molecular formula is C14H17N5OS. The normalized spacial score (nSPS) is 10.8. The molecule has 7 heteroatoms. The highest BCUT2D eigenvalue weighted by atomic mass is 32.1. The fourth-order valence-corrected chi connectivity index (χ4v) is 2.98. The summed E-state index contributed by atoms with van der Waals surface area (Å²) < 4.78 is 5.35. The number of aromatic amines is 1. The minimum atomic E-state index is 0.666. The smallest absolute Gasteiger partial charge is 0.231 e. The van der Waals surface area contributed by atoms with Crippen LogP contribution >= 0.6 is 11.3 Å². The molecular weight excluding hydrogens is 286 g/mol. The summed E-state index contributed by atoms with van der Waals surface area (Å²) in [5.41, 5.74) is 2.06. The highest BCUT2D eigenvalue weighted by Gasteiger charge is 2.13. The van der Waals surface area contributed by atoms with Gasteiger partial charge in [-0.2, -0.15) is 10.1 Å². The van der Waals surface area contributed by atoms with Gasteiger partial charge in [0.1, 0.15) is 0 Å². The number of rotatable bonds is 5. The maximum absolute atomic E-state index is 5.35. The van der Waals surface area contributed by atoms with Gasteiger partial charge in [-0.25, -0.2) is 0 Å². The summed E-state index contributed by atoms with van der Waals surface area (Å²) in [5.74, 6) is 0.676. The van der Waals surface area contributed by atoms with Crippen LogP contribution in [-0.2, 0) is 6.54 Å². The van der Waals surface area contributed by atoms with Gasteiger partial charge in [-0.1, -0.05) is 17.4 Å². The molecule has 0 aliphatic carbocycles. The molecule has 110 valence electrons. The number of aromatic nitrogens is 3. The van der Waals surface area contributed by atoms with Crippen molar-refractivity contribution in [2.45, 2.75) is 6.54 Å². The van der Waals surface area contributed by atoms with E-state index in [1.807, 2.05) is 43.4 Å². The molecule has 0 aliphatic heterocycles. The number of H-pyrrole nitrogens is 1. The average Bonchev–Trinajstić information content (AvgIpc) is 3.11. The Labute approximate surface area is 126 Å². The molecule has 0 aliphatic rings. The van der Waals surface area contributed by atoms with Gasteiger partial charge in [0, 0.05) is 25.2 Å². The molecule has 0 bridgehead atoms. The molecule has 2 aromatic heterocycles. The van der Waals surface area contributed by atoms with Crippen LogP contribution in [0.2, 0.25) is 0 Å². The average molecular weight is 303 g/mol. The van der Waals surface area contributed by atoms with E-state index in [1.165, 1.54) is 0 Å². The second-order valence-electron chi connectivity index (χ2n) is 4.81. The van der Waals surface area contributed by atoms with E-state index >= 15 is 0 Å². The number of ether oxygens (including phenoxy) is 1. The lowest BCUT2D eigenvalue weighted by atomic mass is 10.2. The zero-order valence-electron chi connectivity index (χ0n) is 12.2.